The average Bonchev–Trinajstić information content (AvgIpc) is 2.16. The summed E-state index contributed by atoms with van der Waals surface area (Å²) in [6.45, 7) is 1.90. The van der Waals surface area contributed by atoms with Crippen molar-refractivity contribution in [2.24, 2.45) is 5.73 Å². The van der Waals surface area contributed by atoms with Gasteiger partial charge in [-0.15, -0.1) is 0 Å². The Morgan fingerprint density at radius 3 is 2.53 bits per heavy atom. The Bertz CT molecular complexity index is 317. The molecule has 1 unspecified atom stereocenters. The summed E-state index contributed by atoms with van der Waals surface area (Å²) in [6, 6.07) is 6.46. The third-order valence-electron chi connectivity index (χ3n) is 2.20. The molecule has 82 valence electrons. The molecule has 0 aromatic heterocycles. The maximum Gasteiger partial charge on any atom is 0.123 e. The number of nitrogens with two attached hydrogens (primary N) is 1. The first-order valence-electron chi connectivity index (χ1n) is 5.14. The van der Waals surface area contributed by atoms with Gasteiger partial charge in [0.1, 0.15) is 5.82 Å². The first kappa shape index (κ1) is 11.9. The maximum absolute atomic E-state index is 12.6. The zero-order valence-electron chi connectivity index (χ0n) is 8.96. The maximum atomic E-state index is 12.6. The molecule has 1 atom stereocenters. The van der Waals surface area contributed by atoms with Crippen molar-refractivity contribution in [2.45, 2.75) is 32.2 Å². The van der Waals surface area contributed by atoms with Crippen LogP contribution in [0, 0.1) is 11.2 Å². The minimum atomic E-state index is -0.218. The summed E-state index contributed by atoms with van der Waals surface area (Å²) in [5.74, 6) is -0.218. The first-order chi connectivity index (χ1) is 7.08. The molecule has 1 aromatic carbocycles. The van der Waals surface area contributed by atoms with Gasteiger partial charge in [0.2, 0.25) is 0 Å². The topological polar surface area (TPSA) is 49.9 Å². The van der Waals surface area contributed by atoms with Gasteiger partial charge in [-0.2, -0.15) is 0 Å². The third-order valence-corrected chi connectivity index (χ3v) is 2.20. The van der Waals surface area contributed by atoms with E-state index in [1.54, 1.807) is 12.1 Å². The fourth-order valence-electron chi connectivity index (χ4n) is 1.44. The van der Waals surface area contributed by atoms with Crippen LogP contribution in [0.1, 0.15) is 25.3 Å². The van der Waals surface area contributed by atoms with E-state index >= 15 is 0 Å². The molecule has 0 heterocycles. The molecule has 0 radical (unpaired) electrons. The molecule has 0 spiro atoms. The normalized spacial score (nSPS) is 12.5. The molecule has 2 nitrogen and oxygen atoms in total. The fourth-order valence-corrected chi connectivity index (χ4v) is 1.44. The summed E-state index contributed by atoms with van der Waals surface area (Å²) in [5, 5.41) is 7.66. The molecule has 3 N–H and O–H groups in total. The van der Waals surface area contributed by atoms with E-state index in [1.807, 2.05) is 6.92 Å². The lowest BCUT2D eigenvalue weighted by Crippen LogP contribution is -2.19. The van der Waals surface area contributed by atoms with Crippen molar-refractivity contribution in [1.82, 2.24) is 0 Å². The van der Waals surface area contributed by atoms with Crippen molar-refractivity contribution in [1.29, 1.82) is 5.41 Å². The molecule has 0 fully saturated rings. The van der Waals surface area contributed by atoms with Gasteiger partial charge in [-0.05, 0) is 43.9 Å². The minimum absolute atomic E-state index is 0.0470. The second-order valence-corrected chi connectivity index (χ2v) is 3.91. The van der Waals surface area contributed by atoms with Gasteiger partial charge in [-0.25, -0.2) is 4.39 Å². The molecule has 0 aliphatic heterocycles. The molecule has 1 rings (SSSR count). The Balaban J connectivity index is 2.37. The molecule has 0 aliphatic rings. The van der Waals surface area contributed by atoms with E-state index in [1.165, 1.54) is 12.1 Å². The number of rotatable bonds is 5. The second-order valence-electron chi connectivity index (χ2n) is 3.91. The second kappa shape index (κ2) is 5.61. The summed E-state index contributed by atoms with van der Waals surface area (Å²) in [4.78, 5) is 0. The first-order valence-corrected chi connectivity index (χ1v) is 5.14. The van der Waals surface area contributed by atoms with Gasteiger partial charge in [-0.3, -0.25) is 0 Å². The quantitative estimate of drug-likeness (QED) is 0.718. The zero-order valence-corrected chi connectivity index (χ0v) is 8.96. The lowest BCUT2D eigenvalue weighted by atomic mass is 10.0. The Morgan fingerprint density at radius 2 is 2.00 bits per heavy atom. The summed E-state index contributed by atoms with van der Waals surface area (Å²) in [5.41, 5.74) is 7.31. The van der Waals surface area contributed by atoms with Gasteiger partial charge in [0.15, 0.2) is 0 Å². The van der Waals surface area contributed by atoms with Gasteiger partial charge in [0.05, 0.1) is 0 Å². The molecule has 0 aliphatic carbocycles. The Labute approximate surface area is 89.8 Å². The standard InChI is InChI=1S/C12H17FN2/c1-9(14)8-12(15)7-4-10-2-5-11(13)6-3-10/h2-3,5-6,9,15H,4,7-8,14H2,1H3. The van der Waals surface area contributed by atoms with Crippen LogP contribution in [0.15, 0.2) is 24.3 Å². The summed E-state index contributed by atoms with van der Waals surface area (Å²) < 4.78 is 12.6. The highest BCUT2D eigenvalue weighted by Crippen LogP contribution is 2.07. The predicted molar refractivity (Wildman–Crippen MR) is 60.7 cm³/mol. The van der Waals surface area contributed by atoms with Gasteiger partial charge < -0.3 is 11.1 Å². The molecule has 0 amide bonds. The van der Waals surface area contributed by atoms with Crippen LogP contribution in [0.4, 0.5) is 4.39 Å². The van der Waals surface area contributed by atoms with Crippen LogP contribution in [0.3, 0.4) is 0 Å². The van der Waals surface area contributed by atoms with Crippen LogP contribution >= 0.6 is 0 Å². The average molecular weight is 208 g/mol. The molecule has 1 aromatic rings. The summed E-state index contributed by atoms with van der Waals surface area (Å²) in [7, 11) is 0. The lowest BCUT2D eigenvalue weighted by Gasteiger charge is -2.06. The van der Waals surface area contributed by atoms with Gasteiger partial charge in [-0.1, -0.05) is 12.1 Å². The lowest BCUT2D eigenvalue weighted by molar-refractivity contribution is 0.627. The molecule has 0 bridgehead atoms. The third kappa shape index (κ3) is 4.70. The van der Waals surface area contributed by atoms with Crippen LogP contribution in [0.5, 0.6) is 0 Å². The number of aryl methyl sites for hydroxylation is 1. The van der Waals surface area contributed by atoms with Gasteiger partial charge in [0, 0.05) is 11.8 Å². The number of hydrogen-bond donors (Lipinski definition) is 2. The van der Waals surface area contributed by atoms with Crippen molar-refractivity contribution >= 4 is 5.71 Å². The summed E-state index contributed by atoms with van der Waals surface area (Å²) in [6.07, 6.45) is 2.13. The number of hydrogen-bond acceptors (Lipinski definition) is 2. The SMILES string of the molecule is CC(N)CC(=N)CCc1ccc(F)cc1. The zero-order chi connectivity index (χ0) is 11.3. The largest absolute Gasteiger partial charge is 0.328 e. The van der Waals surface area contributed by atoms with Crippen molar-refractivity contribution < 1.29 is 4.39 Å². The predicted octanol–water partition coefficient (Wildman–Crippen LogP) is 2.52. The number of benzene rings is 1. The van der Waals surface area contributed by atoms with Crippen LogP contribution in [0.25, 0.3) is 0 Å². The fraction of sp³-hybridized carbons (Fsp3) is 0.417. The molecule has 3 heteroatoms. The Morgan fingerprint density at radius 1 is 1.40 bits per heavy atom. The van der Waals surface area contributed by atoms with Crippen LogP contribution < -0.4 is 5.73 Å². The van der Waals surface area contributed by atoms with Crippen molar-refractivity contribution in [2.75, 3.05) is 0 Å². The van der Waals surface area contributed by atoms with Crippen LogP contribution in [0.2, 0.25) is 0 Å². The van der Waals surface area contributed by atoms with E-state index in [-0.39, 0.29) is 11.9 Å². The highest BCUT2D eigenvalue weighted by molar-refractivity contribution is 5.82. The van der Waals surface area contributed by atoms with Gasteiger partial charge in [0.25, 0.3) is 0 Å². The van der Waals surface area contributed by atoms with E-state index in [0.717, 1.165) is 12.0 Å². The van der Waals surface area contributed by atoms with E-state index in [4.69, 9.17) is 11.1 Å². The van der Waals surface area contributed by atoms with Crippen molar-refractivity contribution in [3.63, 3.8) is 0 Å². The number of nitrogens with one attached hydrogen (secondary N) is 1. The van der Waals surface area contributed by atoms with E-state index in [9.17, 15) is 4.39 Å². The Kier molecular flexibility index (Phi) is 4.43. The molecular formula is C12H17FN2. The van der Waals surface area contributed by atoms with Gasteiger partial charge >= 0.3 is 0 Å². The van der Waals surface area contributed by atoms with Crippen molar-refractivity contribution in [3.8, 4) is 0 Å². The van der Waals surface area contributed by atoms with E-state index in [0.29, 0.717) is 18.6 Å². The summed E-state index contributed by atoms with van der Waals surface area (Å²) >= 11 is 0. The smallest absolute Gasteiger partial charge is 0.123 e. The molecule has 15 heavy (non-hydrogen) atoms. The molecule has 0 saturated carbocycles. The van der Waals surface area contributed by atoms with E-state index in [2.05, 4.69) is 0 Å². The number of halogens is 1. The van der Waals surface area contributed by atoms with Crippen LogP contribution in [-0.4, -0.2) is 11.8 Å². The highest BCUT2D eigenvalue weighted by Gasteiger charge is 2.02. The van der Waals surface area contributed by atoms with Crippen molar-refractivity contribution in [3.05, 3.63) is 35.6 Å². The molecule has 0 saturated heterocycles. The Hall–Kier alpha value is -1.22. The highest BCUT2D eigenvalue weighted by atomic mass is 19.1. The minimum Gasteiger partial charge on any atom is -0.328 e. The molecular weight excluding hydrogens is 191 g/mol. The van der Waals surface area contributed by atoms with E-state index < -0.39 is 0 Å². The van der Waals surface area contributed by atoms with Crippen LogP contribution in [-0.2, 0) is 6.42 Å². The monoisotopic (exact) mass is 208 g/mol.